The van der Waals surface area contributed by atoms with Crippen LogP contribution in [0.5, 0.6) is 0 Å². The number of imidazole rings is 1. The highest BCUT2D eigenvalue weighted by Crippen LogP contribution is 2.47. The van der Waals surface area contributed by atoms with Gasteiger partial charge in [-0.1, -0.05) is 18.2 Å². The molecule has 5 heterocycles. The fraction of sp³-hybridized carbons (Fsp3) is 0. The second-order valence-electron chi connectivity index (χ2n) is 7.89. The summed E-state index contributed by atoms with van der Waals surface area (Å²) in [6.45, 7) is 0. The van der Waals surface area contributed by atoms with E-state index in [-0.39, 0.29) is 0 Å². The van der Waals surface area contributed by atoms with E-state index in [1.54, 1.807) is 0 Å². The van der Waals surface area contributed by atoms with E-state index in [0.29, 0.717) is 0 Å². The van der Waals surface area contributed by atoms with Gasteiger partial charge in [0.1, 0.15) is 5.65 Å². The predicted octanol–water partition coefficient (Wildman–Crippen LogP) is 7.77. The Hall–Kier alpha value is -3.54. The second-order valence-corrected chi connectivity index (χ2v) is 10.1. The SMILES string of the molecule is c1ccc2c(c1)sc1ccc3sc4ccc5c(c6cnccc6c6nccn56)c4c3c12. The molecule has 0 atom stereocenters. The van der Waals surface area contributed by atoms with Crippen LogP contribution >= 0.6 is 22.7 Å². The molecule has 3 nitrogen and oxygen atoms in total. The van der Waals surface area contributed by atoms with E-state index < -0.39 is 0 Å². The highest BCUT2D eigenvalue weighted by atomic mass is 32.1. The summed E-state index contributed by atoms with van der Waals surface area (Å²) in [5.74, 6) is 0. The first-order valence-corrected chi connectivity index (χ1v) is 11.8. The Kier molecular flexibility index (Phi) is 2.91. The van der Waals surface area contributed by atoms with Crippen LogP contribution in [0.15, 0.2) is 79.4 Å². The van der Waals surface area contributed by atoms with Gasteiger partial charge in [0.15, 0.2) is 0 Å². The van der Waals surface area contributed by atoms with Gasteiger partial charge in [-0.05, 0) is 36.4 Å². The van der Waals surface area contributed by atoms with Gasteiger partial charge in [-0.15, -0.1) is 22.7 Å². The van der Waals surface area contributed by atoms with Crippen molar-refractivity contribution in [3.63, 3.8) is 0 Å². The summed E-state index contributed by atoms with van der Waals surface area (Å²) in [5, 5.41) is 8.99. The monoisotopic (exact) mass is 431 g/mol. The van der Waals surface area contributed by atoms with Crippen LogP contribution in [-0.2, 0) is 0 Å². The molecule has 0 N–H and O–H groups in total. The van der Waals surface area contributed by atoms with Crippen LogP contribution < -0.4 is 0 Å². The molecule has 8 rings (SSSR count). The minimum atomic E-state index is 0.981. The quantitative estimate of drug-likeness (QED) is 0.230. The van der Waals surface area contributed by atoms with Gasteiger partial charge in [0, 0.05) is 81.3 Å². The van der Waals surface area contributed by atoms with Gasteiger partial charge in [0.2, 0.25) is 0 Å². The fourth-order valence-corrected chi connectivity index (χ4v) is 7.35. The zero-order valence-corrected chi connectivity index (χ0v) is 17.8. The Morgan fingerprint density at radius 1 is 0.613 bits per heavy atom. The summed E-state index contributed by atoms with van der Waals surface area (Å²) in [6, 6.07) is 19.9. The Morgan fingerprint density at radius 3 is 2.32 bits per heavy atom. The number of benzene rings is 3. The molecule has 0 aliphatic rings. The third kappa shape index (κ3) is 1.93. The Morgan fingerprint density at radius 2 is 1.39 bits per heavy atom. The van der Waals surface area contributed by atoms with Crippen molar-refractivity contribution in [2.45, 2.75) is 0 Å². The first-order chi connectivity index (χ1) is 15.4. The molecule has 5 aromatic heterocycles. The van der Waals surface area contributed by atoms with Gasteiger partial charge in [-0.2, -0.15) is 0 Å². The predicted molar refractivity (Wildman–Crippen MR) is 134 cm³/mol. The first kappa shape index (κ1) is 16.2. The molecule has 3 aromatic carbocycles. The molecule has 31 heavy (non-hydrogen) atoms. The fourth-order valence-electron chi connectivity index (χ4n) is 5.11. The summed E-state index contributed by atoms with van der Waals surface area (Å²) in [7, 11) is 0. The molecule has 0 amide bonds. The zero-order chi connectivity index (χ0) is 20.1. The van der Waals surface area contributed by atoms with E-state index in [4.69, 9.17) is 0 Å². The third-order valence-electron chi connectivity index (χ3n) is 6.35. The summed E-state index contributed by atoms with van der Waals surface area (Å²) in [5.41, 5.74) is 2.16. The lowest BCUT2D eigenvalue weighted by molar-refractivity contribution is 1.27. The summed E-state index contributed by atoms with van der Waals surface area (Å²) >= 11 is 3.76. The number of thiophene rings is 2. The molecule has 0 fully saturated rings. The molecular formula is C26H13N3S2. The molecule has 0 aliphatic heterocycles. The highest BCUT2D eigenvalue weighted by molar-refractivity contribution is 7.28. The molecule has 0 aliphatic carbocycles. The largest absolute Gasteiger partial charge is 0.299 e. The van der Waals surface area contributed by atoms with Crippen LogP contribution in [0.4, 0.5) is 0 Å². The maximum absolute atomic E-state index is 4.65. The molecule has 0 spiro atoms. The van der Waals surface area contributed by atoms with Gasteiger partial charge in [-0.3, -0.25) is 9.38 Å². The third-order valence-corrected chi connectivity index (χ3v) is 8.61. The van der Waals surface area contributed by atoms with Crippen molar-refractivity contribution in [1.82, 2.24) is 14.4 Å². The van der Waals surface area contributed by atoms with Crippen LogP contribution in [0.3, 0.4) is 0 Å². The number of rotatable bonds is 0. The Bertz CT molecular complexity index is 2010. The number of pyridine rings is 2. The van der Waals surface area contributed by atoms with Gasteiger partial charge < -0.3 is 0 Å². The van der Waals surface area contributed by atoms with E-state index in [1.165, 1.54) is 51.2 Å². The molecular weight excluding hydrogens is 418 g/mol. The summed E-state index contributed by atoms with van der Waals surface area (Å²) in [4.78, 5) is 9.15. The number of aromatic nitrogens is 3. The lowest BCUT2D eigenvalue weighted by atomic mass is 9.99. The van der Waals surface area contributed by atoms with Crippen molar-refractivity contribution in [2.24, 2.45) is 0 Å². The van der Waals surface area contributed by atoms with E-state index in [1.807, 2.05) is 41.3 Å². The van der Waals surface area contributed by atoms with Crippen molar-refractivity contribution < 1.29 is 0 Å². The molecule has 5 heteroatoms. The Labute approximate surface area is 183 Å². The van der Waals surface area contributed by atoms with Crippen LogP contribution in [0.1, 0.15) is 0 Å². The lowest BCUT2D eigenvalue weighted by Gasteiger charge is -2.09. The van der Waals surface area contributed by atoms with Crippen molar-refractivity contribution in [3.8, 4) is 0 Å². The molecule has 0 saturated heterocycles. The number of nitrogens with zero attached hydrogens (tertiary/aromatic N) is 3. The van der Waals surface area contributed by atoms with Gasteiger partial charge >= 0.3 is 0 Å². The smallest absolute Gasteiger partial charge is 0.145 e. The average molecular weight is 432 g/mol. The van der Waals surface area contributed by atoms with Gasteiger partial charge in [-0.25, -0.2) is 4.98 Å². The van der Waals surface area contributed by atoms with Crippen LogP contribution in [0.2, 0.25) is 0 Å². The molecule has 8 aromatic rings. The lowest BCUT2D eigenvalue weighted by Crippen LogP contribution is -1.91. The average Bonchev–Trinajstić information content (AvgIpc) is 3.53. The van der Waals surface area contributed by atoms with Crippen molar-refractivity contribution in [3.05, 3.63) is 79.4 Å². The van der Waals surface area contributed by atoms with Gasteiger partial charge in [0.25, 0.3) is 0 Å². The number of hydrogen-bond donors (Lipinski definition) is 0. The highest BCUT2D eigenvalue weighted by Gasteiger charge is 2.18. The van der Waals surface area contributed by atoms with E-state index in [2.05, 4.69) is 75.2 Å². The standard InChI is InChI=1S/C26H13N3S2/c1-2-4-18-15(3-1)23-19(30-18)7-8-21-25(23)24-20(31-21)6-5-17-22(24)16-13-27-10-9-14(16)26-28-11-12-29(17)26/h1-13H. The molecule has 144 valence electrons. The van der Waals surface area contributed by atoms with Crippen molar-refractivity contribution in [1.29, 1.82) is 0 Å². The van der Waals surface area contributed by atoms with Gasteiger partial charge in [0.05, 0.1) is 5.52 Å². The minimum absolute atomic E-state index is 0.981. The molecule has 0 bridgehead atoms. The van der Waals surface area contributed by atoms with Crippen LogP contribution in [0, 0.1) is 0 Å². The van der Waals surface area contributed by atoms with E-state index in [9.17, 15) is 0 Å². The zero-order valence-electron chi connectivity index (χ0n) is 16.2. The van der Waals surface area contributed by atoms with E-state index in [0.717, 1.165) is 16.4 Å². The van der Waals surface area contributed by atoms with E-state index >= 15 is 0 Å². The normalized spacial score (nSPS) is 12.5. The van der Waals surface area contributed by atoms with Crippen LogP contribution in [0.25, 0.3) is 67.7 Å². The topological polar surface area (TPSA) is 30.2 Å². The first-order valence-electron chi connectivity index (χ1n) is 10.2. The number of hydrogen-bond acceptors (Lipinski definition) is 4. The molecule has 0 saturated carbocycles. The summed E-state index contributed by atoms with van der Waals surface area (Å²) < 4.78 is 7.55. The van der Waals surface area contributed by atoms with Crippen molar-refractivity contribution in [2.75, 3.05) is 0 Å². The summed E-state index contributed by atoms with van der Waals surface area (Å²) in [6.07, 6.45) is 7.81. The second kappa shape index (κ2) is 5.58. The maximum atomic E-state index is 4.65. The van der Waals surface area contributed by atoms with Crippen LogP contribution in [-0.4, -0.2) is 14.4 Å². The molecule has 0 unspecified atom stereocenters. The molecule has 0 radical (unpaired) electrons. The van der Waals surface area contributed by atoms with Crippen molar-refractivity contribution >= 4 is 90.3 Å². The maximum Gasteiger partial charge on any atom is 0.145 e. The minimum Gasteiger partial charge on any atom is -0.299 e. The Balaban J connectivity index is 1.78. The number of fused-ring (bicyclic) bond motifs is 14.